The van der Waals surface area contributed by atoms with Crippen molar-refractivity contribution in [3.63, 3.8) is 0 Å². The van der Waals surface area contributed by atoms with Gasteiger partial charge in [-0.15, -0.1) is 0 Å². The fourth-order valence-corrected chi connectivity index (χ4v) is 3.53. The van der Waals surface area contributed by atoms with Crippen LogP contribution in [0.4, 0.5) is 0 Å². The summed E-state index contributed by atoms with van der Waals surface area (Å²) >= 11 is 2.22. The second-order valence-electron chi connectivity index (χ2n) is 6.78. The predicted octanol–water partition coefficient (Wildman–Crippen LogP) is 3.00. The Labute approximate surface area is 151 Å². The van der Waals surface area contributed by atoms with E-state index in [0.717, 1.165) is 27.6 Å². The molecule has 6 nitrogen and oxygen atoms in total. The Morgan fingerprint density at radius 1 is 1.35 bits per heavy atom. The molecule has 0 unspecified atom stereocenters. The zero-order valence-corrected chi connectivity index (χ0v) is 17.2. The summed E-state index contributed by atoms with van der Waals surface area (Å²) in [5, 5.41) is 18.1. The molecule has 0 saturated heterocycles. The molecular formula is C15H22IN5OSi. The highest BCUT2D eigenvalue weighted by atomic mass is 127. The zero-order valence-electron chi connectivity index (χ0n) is 14.0. The first-order valence-corrected chi connectivity index (χ1v) is 12.3. The Morgan fingerprint density at radius 3 is 2.65 bits per heavy atom. The molecule has 2 aromatic rings. The van der Waals surface area contributed by atoms with Crippen LogP contribution in [0.15, 0.2) is 12.3 Å². The second kappa shape index (κ2) is 7.59. The van der Waals surface area contributed by atoms with E-state index in [2.05, 4.69) is 58.5 Å². The molecule has 0 bridgehead atoms. The summed E-state index contributed by atoms with van der Waals surface area (Å²) in [5.41, 5.74) is 2.51. The Hall–Kier alpha value is -1.18. The maximum Gasteiger partial charge on any atom is 0.141 e. The first-order chi connectivity index (χ1) is 10.8. The van der Waals surface area contributed by atoms with Gasteiger partial charge in [-0.3, -0.25) is 4.68 Å². The summed E-state index contributed by atoms with van der Waals surface area (Å²) in [7, 11) is 0.803. The molecule has 2 aromatic heterocycles. The van der Waals surface area contributed by atoms with Crippen molar-refractivity contribution in [2.45, 2.75) is 38.8 Å². The molecule has 2 rings (SSSR count). The molecule has 0 saturated carbocycles. The number of ether oxygens (including phenoxy) is 1. The number of aromatic nitrogens is 4. The summed E-state index contributed by atoms with van der Waals surface area (Å²) in [6.45, 7) is 8.00. The van der Waals surface area contributed by atoms with Crippen LogP contribution in [0.1, 0.15) is 17.0 Å². The van der Waals surface area contributed by atoms with Gasteiger partial charge in [-0.25, -0.2) is 4.68 Å². The zero-order chi connectivity index (χ0) is 17.0. The van der Waals surface area contributed by atoms with E-state index in [1.165, 1.54) is 0 Å². The number of rotatable bonds is 7. The topological polar surface area (TPSA) is 68.7 Å². The molecule has 8 heteroatoms. The van der Waals surface area contributed by atoms with Gasteiger partial charge in [0.2, 0.25) is 0 Å². The molecule has 0 radical (unpaired) electrons. The Kier molecular flexibility index (Phi) is 5.99. The molecule has 0 aliphatic heterocycles. The maximum atomic E-state index is 9.26. The van der Waals surface area contributed by atoms with Crippen LogP contribution >= 0.6 is 22.6 Å². The maximum absolute atomic E-state index is 9.26. The third kappa shape index (κ3) is 5.44. The highest BCUT2D eigenvalue weighted by molar-refractivity contribution is 14.1. The van der Waals surface area contributed by atoms with Crippen molar-refractivity contribution in [1.29, 1.82) is 5.26 Å². The third-order valence-corrected chi connectivity index (χ3v) is 5.99. The van der Waals surface area contributed by atoms with Gasteiger partial charge in [0.1, 0.15) is 22.2 Å². The third-order valence-electron chi connectivity index (χ3n) is 3.38. The minimum Gasteiger partial charge on any atom is -0.359 e. The number of aryl methyl sites for hydroxylation is 1. The van der Waals surface area contributed by atoms with Gasteiger partial charge in [0, 0.05) is 39.9 Å². The Balaban J connectivity index is 2.00. The minimum absolute atomic E-state index is 0.331. The molecule has 0 fully saturated rings. The average Bonchev–Trinajstić information content (AvgIpc) is 2.97. The smallest absolute Gasteiger partial charge is 0.141 e. The summed E-state index contributed by atoms with van der Waals surface area (Å²) in [5.74, 6) is 0. The lowest BCUT2D eigenvalue weighted by molar-refractivity contribution is 0.0777. The fourth-order valence-electron chi connectivity index (χ4n) is 2.10. The van der Waals surface area contributed by atoms with Crippen LogP contribution in [-0.4, -0.2) is 34.2 Å². The van der Waals surface area contributed by atoms with E-state index in [-0.39, 0.29) is 0 Å². The molecule has 0 amide bonds. The molecule has 23 heavy (non-hydrogen) atoms. The van der Waals surface area contributed by atoms with Gasteiger partial charge in [0.15, 0.2) is 0 Å². The SMILES string of the molecule is Cn1cc(Cc2cc(C#N)n(COCC[Si](C)(C)C)n2)c(I)n1. The molecule has 124 valence electrons. The molecular weight excluding hydrogens is 421 g/mol. The molecule has 0 N–H and O–H groups in total. The monoisotopic (exact) mass is 443 g/mol. The quantitative estimate of drug-likeness (QED) is 0.375. The number of hydrogen-bond donors (Lipinski definition) is 0. The van der Waals surface area contributed by atoms with E-state index < -0.39 is 8.07 Å². The van der Waals surface area contributed by atoms with Gasteiger partial charge >= 0.3 is 0 Å². The van der Waals surface area contributed by atoms with Crippen molar-refractivity contribution < 1.29 is 4.74 Å². The number of hydrogen-bond acceptors (Lipinski definition) is 4. The van der Waals surface area contributed by atoms with Crippen LogP contribution < -0.4 is 0 Å². The van der Waals surface area contributed by atoms with Crippen LogP contribution in [-0.2, 0) is 24.9 Å². The van der Waals surface area contributed by atoms with E-state index in [4.69, 9.17) is 4.74 Å². The normalized spacial score (nSPS) is 11.7. The van der Waals surface area contributed by atoms with Crippen molar-refractivity contribution in [3.8, 4) is 6.07 Å². The Bertz CT molecular complexity index is 711. The van der Waals surface area contributed by atoms with Gasteiger partial charge < -0.3 is 4.74 Å². The molecule has 0 spiro atoms. The van der Waals surface area contributed by atoms with E-state index in [1.807, 2.05) is 19.3 Å². The van der Waals surface area contributed by atoms with Crippen molar-refractivity contribution in [2.24, 2.45) is 7.05 Å². The number of halogens is 1. The van der Waals surface area contributed by atoms with Crippen molar-refractivity contribution in [1.82, 2.24) is 19.6 Å². The first kappa shape index (κ1) is 18.2. The Morgan fingerprint density at radius 2 is 2.09 bits per heavy atom. The fraction of sp³-hybridized carbons (Fsp3) is 0.533. The van der Waals surface area contributed by atoms with Crippen LogP contribution in [0.3, 0.4) is 0 Å². The summed E-state index contributed by atoms with van der Waals surface area (Å²) < 4.78 is 10.1. The van der Waals surface area contributed by atoms with Crippen molar-refractivity contribution in [2.75, 3.05) is 6.61 Å². The van der Waals surface area contributed by atoms with E-state index in [9.17, 15) is 5.26 Å². The highest BCUT2D eigenvalue weighted by Crippen LogP contribution is 2.15. The number of nitrogens with zero attached hydrogens (tertiary/aromatic N) is 5. The lowest BCUT2D eigenvalue weighted by atomic mass is 10.2. The standard InChI is InChI=1S/C15H22IN5OSi/c1-20-10-12(15(16)19-20)7-13-8-14(9-17)21(18-13)11-22-5-6-23(2,3)4/h8,10H,5-7,11H2,1-4H3. The van der Waals surface area contributed by atoms with Gasteiger partial charge in [-0.2, -0.15) is 15.5 Å². The lowest BCUT2D eigenvalue weighted by Gasteiger charge is -2.15. The van der Waals surface area contributed by atoms with Gasteiger partial charge in [-0.1, -0.05) is 19.6 Å². The highest BCUT2D eigenvalue weighted by Gasteiger charge is 2.14. The van der Waals surface area contributed by atoms with E-state index >= 15 is 0 Å². The minimum atomic E-state index is -1.10. The predicted molar refractivity (Wildman–Crippen MR) is 99.8 cm³/mol. The van der Waals surface area contributed by atoms with Gasteiger partial charge in [0.05, 0.1) is 5.69 Å². The second-order valence-corrected chi connectivity index (χ2v) is 13.4. The molecule has 0 aliphatic rings. The summed E-state index contributed by atoms with van der Waals surface area (Å²) in [6, 6.07) is 5.12. The molecule has 0 aromatic carbocycles. The van der Waals surface area contributed by atoms with Crippen molar-refractivity contribution >= 4 is 30.7 Å². The van der Waals surface area contributed by atoms with Gasteiger partial charge in [0.25, 0.3) is 0 Å². The first-order valence-electron chi connectivity index (χ1n) is 7.51. The van der Waals surface area contributed by atoms with Crippen LogP contribution in [0, 0.1) is 15.0 Å². The van der Waals surface area contributed by atoms with E-state index in [0.29, 0.717) is 18.8 Å². The summed E-state index contributed by atoms with van der Waals surface area (Å²) in [6.07, 6.45) is 2.65. The van der Waals surface area contributed by atoms with E-state index in [1.54, 1.807) is 9.36 Å². The molecule has 0 atom stereocenters. The number of nitriles is 1. The van der Waals surface area contributed by atoms with Crippen molar-refractivity contribution in [3.05, 3.63) is 32.9 Å². The van der Waals surface area contributed by atoms with Crippen LogP contribution in [0.2, 0.25) is 25.7 Å². The largest absolute Gasteiger partial charge is 0.359 e. The van der Waals surface area contributed by atoms with Gasteiger partial charge in [-0.05, 0) is 34.7 Å². The molecule has 0 aliphatic carbocycles. The average molecular weight is 443 g/mol. The molecule has 2 heterocycles. The summed E-state index contributed by atoms with van der Waals surface area (Å²) in [4.78, 5) is 0. The lowest BCUT2D eigenvalue weighted by Crippen LogP contribution is -2.22. The van der Waals surface area contributed by atoms with Crippen LogP contribution in [0.25, 0.3) is 0 Å². The van der Waals surface area contributed by atoms with Crippen LogP contribution in [0.5, 0.6) is 0 Å².